The molecule has 0 aromatic heterocycles. The monoisotopic (exact) mass is 537 g/mol. The summed E-state index contributed by atoms with van der Waals surface area (Å²) in [5, 5.41) is 16.9. The van der Waals surface area contributed by atoms with Crippen LogP contribution in [0.25, 0.3) is 0 Å². The second-order valence-corrected chi connectivity index (χ2v) is 8.02. The zero-order valence-corrected chi connectivity index (χ0v) is 20.8. The molecule has 0 aliphatic carbocycles. The van der Waals surface area contributed by atoms with Gasteiger partial charge in [0.15, 0.2) is 5.96 Å². The first-order chi connectivity index (χ1) is 13.6. The van der Waals surface area contributed by atoms with Crippen molar-refractivity contribution < 1.29 is 9.84 Å². The Bertz CT molecular complexity index is 603. The minimum atomic E-state index is -0.0904. The summed E-state index contributed by atoms with van der Waals surface area (Å²) in [5.74, 6) is 1.29. The maximum Gasteiger partial charge on any atom is 0.191 e. The number of rotatable bonds is 10. The summed E-state index contributed by atoms with van der Waals surface area (Å²) in [6.07, 6.45) is 4.88. The van der Waals surface area contributed by atoms with E-state index < -0.39 is 0 Å². The molecule has 1 aromatic carbocycles. The molecule has 5 nitrogen and oxygen atoms in total. The van der Waals surface area contributed by atoms with Crippen LogP contribution >= 0.6 is 35.6 Å². The Morgan fingerprint density at radius 3 is 2.55 bits per heavy atom. The van der Waals surface area contributed by atoms with Gasteiger partial charge in [-0.1, -0.05) is 43.1 Å². The summed E-state index contributed by atoms with van der Waals surface area (Å²) < 4.78 is 5.63. The van der Waals surface area contributed by atoms with Crippen LogP contribution in [0.5, 0.6) is 0 Å². The molecule has 1 aliphatic rings. The Kier molecular flexibility index (Phi) is 13.2. The van der Waals surface area contributed by atoms with Crippen molar-refractivity contribution in [2.45, 2.75) is 51.4 Å². The van der Waals surface area contributed by atoms with Gasteiger partial charge in [-0.05, 0) is 50.2 Å². The molecule has 166 valence electrons. The van der Waals surface area contributed by atoms with Crippen LogP contribution in [0, 0.1) is 5.92 Å². The minimum Gasteiger partial charge on any atom is -0.396 e. The van der Waals surface area contributed by atoms with E-state index in [1.54, 1.807) is 0 Å². The number of hydrogen-bond acceptors (Lipinski definition) is 3. The first-order valence-electron chi connectivity index (χ1n) is 10.6. The van der Waals surface area contributed by atoms with Gasteiger partial charge in [0.25, 0.3) is 0 Å². The Morgan fingerprint density at radius 1 is 1.21 bits per heavy atom. The zero-order valence-electron chi connectivity index (χ0n) is 17.8. The SMILES string of the molecule is CCCC(CCO)CNC(=NCC1(c2ccccc2Cl)CCOCC1)NCC.I. The van der Waals surface area contributed by atoms with E-state index in [-0.39, 0.29) is 36.0 Å². The van der Waals surface area contributed by atoms with E-state index in [2.05, 4.69) is 36.6 Å². The first-order valence-corrected chi connectivity index (χ1v) is 11.0. The Balaban J connectivity index is 0.00000420. The number of nitrogens with one attached hydrogen (secondary N) is 2. The van der Waals surface area contributed by atoms with Crippen molar-refractivity contribution >= 4 is 41.5 Å². The van der Waals surface area contributed by atoms with Crippen LogP contribution < -0.4 is 10.6 Å². The maximum absolute atomic E-state index is 9.29. The average Bonchev–Trinajstić information content (AvgIpc) is 2.71. The van der Waals surface area contributed by atoms with Gasteiger partial charge < -0.3 is 20.5 Å². The van der Waals surface area contributed by atoms with Crippen LogP contribution in [0.2, 0.25) is 5.02 Å². The van der Waals surface area contributed by atoms with Crippen LogP contribution in [0.4, 0.5) is 0 Å². The molecule has 3 N–H and O–H groups in total. The number of halogens is 2. The number of ether oxygens (including phenoxy) is 1. The number of guanidine groups is 1. The Morgan fingerprint density at radius 2 is 1.93 bits per heavy atom. The van der Waals surface area contributed by atoms with Crippen LogP contribution in [0.15, 0.2) is 29.3 Å². The van der Waals surface area contributed by atoms with Gasteiger partial charge in [0, 0.05) is 43.3 Å². The van der Waals surface area contributed by atoms with Crippen molar-refractivity contribution in [3.8, 4) is 0 Å². The molecule has 1 unspecified atom stereocenters. The molecule has 29 heavy (non-hydrogen) atoms. The number of nitrogens with zero attached hydrogens (tertiary/aromatic N) is 1. The summed E-state index contributed by atoms with van der Waals surface area (Å²) in [5.41, 5.74) is 1.08. The summed E-state index contributed by atoms with van der Waals surface area (Å²) in [6, 6.07) is 8.12. The largest absolute Gasteiger partial charge is 0.396 e. The van der Waals surface area contributed by atoms with E-state index >= 15 is 0 Å². The molecule has 7 heteroatoms. The second-order valence-electron chi connectivity index (χ2n) is 7.62. The predicted octanol–water partition coefficient (Wildman–Crippen LogP) is 4.36. The highest BCUT2D eigenvalue weighted by molar-refractivity contribution is 14.0. The molecule has 2 rings (SSSR count). The molecular weight excluding hydrogens is 501 g/mol. The van der Waals surface area contributed by atoms with Gasteiger partial charge in [0.2, 0.25) is 0 Å². The summed E-state index contributed by atoms with van der Waals surface area (Å²) in [7, 11) is 0. The molecule has 0 bridgehead atoms. The van der Waals surface area contributed by atoms with Crippen molar-refractivity contribution in [3.63, 3.8) is 0 Å². The van der Waals surface area contributed by atoms with Crippen molar-refractivity contribution in [3.05, 3.63) is 34.9 Å². The summed E-state index contributed by atoms with van der Waals surface area (Å²) in [4.78, 5) is 4.94. The molecule has 0 saturated carbocycles. The average molecular weight is 538 g/mol. The predicted molar refractivity (Wildman–Crippen MR) is 133 cm³/mol. The molecule has 1 fully saturated rings. The van der Waals surface area contributed by atoms with E-state index in [0.717, 1.165) is 69.4 Å². The van der Waals surface area contributed by atoms with Crippen LogP contribution in [-0.4, -0.2) is 50.5 Å². The van der Waals surface area contributed by atoms with Gasteiger partial charge in [-0.2, -0.15) is 0 Å². The van der Waals surface area contributed by atoms with Gasteiger partial charge in [-0.25, -0.2) is 0 Å². The van der Waals surface area contributed by atoms with E-state index in [1.165, 1.54) is 5.56 Å². The molecule has 1 aliphatic heterocycles. The fourth-order valence-corrected chi connectivity index (χ4v) is 4.25. The molecule has 1 saturated heterocycles. The summed E-state index contributed by atoms with van der Waals surface area (Å²) >= 11 is 6.55. The van der Waals surface area contributed by atoms with Gasteiger partial charge >= 0.3 is 0 Å². The van der Waals surface area contributed by atoms with Gasteiger partial charge in [-0.15, -0.1) is 24.0 Å². The first kappa shape index (κ1) is 26.5. The highest BCUT2D eigenvalue weighted by Crippen LogP contribution is 2.38. The highest BCUT2D eigenvalue weighted by Gasteiger charge is 2.36. The molecule has 0 spiro atoms. The van der Waals surface area contributed by atoms with Crippen LogP contribution in [0.3, 0.4) is 0 Å². The van der Waals surface area contributed by atoms with Gasteiger partial charge in [0.05, 0.1) is 6.54 Å². The molecule has 0 radical (unpaired) electrons. The molecule has 0 amide bonds. The third-order valence-corrected chi connectivity index (χ3v) is 5.90. The lowest BCUT2D eigenvalue weighted by Gasteiger charge is -2.37. The Hall–Kier alpha value is -0.570. The lowest BCUT2D eigenvalue weighted by atomic mass is 9.74. The van der Waals surface area contributed by atoms with E-state index in [1.807, 2.05) is 12.1 Å². The van der Waals surface area contributed by atoms with Gasteiger partial charge in [-0.3, -0.25) is 4.99 Å². The van der Waals surface area contributed by atoms with Crippen LogP contribution in [-0.2, 0) is 10.2 Å². The smallest absolute Gasteiger partial charge is 0.191 e. The van der Waals surface area contributed by atoms with E-state index in [0.29, 0.717) is 12.5 Å². The zero-order chi connectivity index (χ0) is 20.2. The second kappa shape index (κ2) is 14.4. The van der Waals surface area contributed by atoms with Crippen molar-refractivity contribution in [1.82, 2.24) is 10.6 Å². The van der Waals surface area contributed by atoms with E-state index in [9.17, 15) is 5.11 Å². The molecular formula is C22H37ClIN3O2. The molecule has 1 atom stereocenters. The third kappa shape index (κ3) is 8.23. The highest BCUT2D eigenvalue weighted by atomic mass is 127. The topological polar surface area (TPSA) is 65.9 Å². The lowest BCUT2D eigenvalue weighted by molar-refractivity contribution is 0.0531. The number of aliphatic imine (C=N–C) groups is 1. The van der Waals surface area contributed by atoms with Crippen molar-refractivity contribution in [2.24, 2.45) is 10.9 Å². The third-order valence-electron chi connectivity index (χ3n) is 5.57. The van der Waals surface area contributed by atoms with E-state index in [4.69, 9.17) is 21.3 Å². The molecule has 1 aromatic rings. The molecule has 1 heterocycles. The van der Waals surface area contributed by atoms with Crippen molar-refractivity contribution in [1.29, 1.82) is 0 Å². The quantitative estimate of drug-likeness (QED) is 0.236. The van der Waals surface area contributed by atoms with Crippen molar-refractivity contribution in [2.75, 3.05) is 39.5 Å². The summed E-state index contributed by atoms with van der Waals surface area (Å²) in [6.45, 7) is 8.27. The number of aliphatic hydroxyl groups is 1. The number of aliphatic hydroxyl groups excluding tert-OH is 1. The lowest BCUT2D eigenvalue weighted by Crippen LogP contribution is -2.42. The number of hydrogen-bond donors (Lipinski definition) is 3. The number of benzene rings is 1. The maximum atomic E-state index is 9.29. The fourth-order valence-electron chi connectivity index (χ4n) is 3.92. The fraction of sp³-hybridized carbons (Fsp3) is 0.682. The Labute approximate surface area is 198 Å². The standard InChI is InChI=1S/C22H36ClN3O2.HI/c1-3-7-18(10-13-27)16-25-21(24-4-2)26-17-22(11-14-28-15-12-22)19-8-5-6-9-20(19)23;/h5-6,8-9,18,27H,3-4,7,10-17H2,1-2H3,(H2,24,25,26);1H. The van der Waals surface area contributed by atoms with Gasteiger partial charge in [0.1, 0.15) is 0 Å². The minimum absolute atomic E-state index is 0. The normalized spacial score (nSPS) is 17.3. The van der Waals surface area contributed by atoms with Crippen LogP contribution in [0.1, 0.15) is 51.5 Å².